The van der Waals surface area contributed by atoms with Gasteiger partial charge in [-0.05, 0) is 0 Å². The summed E-state index contributed by atoms with van der Waals surface area (Å²) in [5.41, 5.74) is -1.44. The Hall–Kier alpha value is -2.16. The summed E-state index contributed by atoms with van der Waals surface area (Å²) < 4.78 is 6.61. The fourth-order valence-corrected chi connectivity index (χ4v) is 2.36. The number of thioether (sulfide) groups is 1. The molecule has 2 aromatic rings. The summed E-state index contributed by atoms with van der Waals surface area (Å²) in [4.78, 5) is 36.5. The molecule has 0 aliphatic carbocycles. The van der Waals surface area contributed by atoms with E-state index in [0.29, 0.717) is 0 Å². The van der Waals surface area contributed by atoms with E-state index in [4.69, 9.17) is 4.42 Å². The first-order valence-corrected chi connectivity index (χ1v) is 7.52. The lowest BCUT2D eigenvalue weighted by Crippen LogP contribution is -2.28. The number of aromatic nitrogens is 4. The molecule has 1 N–H and O–H groups in total. The number of hydrogen-bond donors (Lipinski definition) is 1. The first-order chi connectivity index (χ1) is 10.3. The van der Waals surface area contributed by atoms with E-state index in [0.717, 1.165) is 11.8 Å². The van der Waals surface area contributed by atoms with E-state index in [1.54, 1.807) is 0 Å². The van der Waals surface area contributed by atoms with Gasteiger partial charge in [0, 0.05) is 17.7 Å². The first-order valence-electron chi connectivity index (χ1n) is 6.54. The monoisotopic (exact) mass is 324 g/mol. The lowest BCUT2D eigenvalue weighted by Gasteiger charge is -2.14. The first kappa shape index (κ1) is 16.2. The van der Waals surface area contributed by atoms with Gasteiger partial charge in [0.2, 0.25) is 5.89 Å². The topological polar surface area (TPSA) is 111 Å². The molecule has 0 fully saturated rings. The van der Waals surface area contributed by atoms with E-state index in [1.165, 1.54) is 16.8 Å². The molecule has 118 valence electrons. The smallest absolute Gasteiger partial charge is 0.328 e. The van der Waals surface area contributed by atoms with Crippen LogP contribution in [0, 0.1) is 5.41 Å². The normalized spacial score (nSPS) is 11.6. The van der Waals surface area contributed by atoms with Gasteiger partial charge in [-0.1, -0.05) is 32.5 Å². The van der Waals surface area contributed by atoms with Gasteiger partial charge in [0.25, 0.3) is 10.8 Å². The lowest BCUT2D eigenvalue weighted by molar-refractivity contribution is -0.123. The van der Waals surface area contributed by atoms with E-state index in [1.807, 2.05) is 20.8 Å². The Morgan fingerprint density at radius 3 is 2.73 bits per heavy atom. The summed E-state index contributed by atoms with van der Waals surface area (Å²) in [6, 6.07) is 1.23. The third kappa shape index (κ3) is 4.17. The highest BCUT2D eigenvalue weighted by Crippen LogP contribution is 2.22. The van der Waals surface area contributed by atoms with Crippen molar-refractivity contribution in [2.45, 2.75) is 32.5 Å². The number of H-pyrrole nitrogens is 1. The molecule has 8 nitrogen and oxygen atoms in total. The van der Waals surface area contributed by atoms with Crippen molar-refractivity contribution in [2.24, 2.45) is 5.41 Å². The number of ketones is 1. The summed E-state index contributed by atoms with van der Waals surface area (Å²) in [6.07, 6.45) is 1.35. The fraction of sp³-hybridized carbons (Fsp3) is 0.462. The quantitative estimate of drug-likeness (QED) is 0.805. The van der Waals surface area contributed by atoms with E-state index >= 15 is 0 Å². The molecular formula is C13H16N4O4S. The van der Waals surface area contributed by atoms with Crippen LogP contribution in [0.25, 0.3) is 0 Å². The number of carbonyl (C=O) groups excluding carboxylic acids is 1. The third-order valence-corrected chi connectivity index (χ3v) is 3.63. The summed E-state index contributed by atoms with van der Waals surface area (Å²) in [5.74, 6) is 0.540. The number of Topliss-reactive ketones (excluding diaryl/α,β-unsaturated/α-hetero) is 1. The van der Waals surface area contributed by atoms with Crippen LogP contribution in [-0.4, -0.2) is 31.3 Å². The van der Waals surface area contributed by atoms with Crippen LogP contribution in [0.5, 0.6) is 0 Å². The Morgan fingerprint density at radius 1 is 1.36 bits per heavy atom. The second-order valence-electron chi connectivity index (χ2n) is 5.66. The molecular weight excluding hydrogens is 308 g/mol. The van der Waals surface area contributed by atoms with Crippen molar-refractivity contribution in [3.05, 3.63) is 39.0 Å². The largest absolute Gasteiger partial charge is 0.414 e. The summed E-state index contributed by atoms with van der Waals surface area (Å²) >= 11 is 1.16. The van der Waals surface area contributed by atoms with Crippen LogP contribution in [0.1, 0.15) is 26.7 Å². The van der Waals surface area contributed by atoms with Crippen molar-refractivity contribution in [1.82, 2.24) is 19.7 Å². The van der Waals surface area contributed by atoms with Crippen molar-refractivity contribution < 1.29 is 9.21 Å². The van der Waals surface area contributed by atoms with E-state index < -0.39 is 16.7 Å². The molecule has 0 spiro atoms. The van der Waals surface area contributed by atoms with Crippen LogP contribution >= 0.6 is 11.8 Å². The number of nitrogens with one attached hydrogen (secondary N) is 1. The lowest BCUT2D eigenvalue weighted by atomic mass is 9.92. The zero-order valence-corrected chi connectivity index (χ0v) is 13.3. The van der Waals surface area contributed by atoms with Gasteiger partial charge in [0.05, 0.1) is 5.75 Å². The molecule has 0 aliphatic heterocycles. The Bertz CT molecular complexity index is 784. The highest BCUT2D eigenvalue weighted by Gasteiger charge is 2.22. The minimum absolute atomic E-state index is 0.0520. The average Bonchev–Trinajstić information content (AvgIpc) is 2.86. The SMILES string of the molecule is CC(C)(C)C(=O)CSc1nnc(Cn2ccc(=O)[nH]c2=O)o1. The molecule has 0 unspecified atom stereocenters. The van der Waals surface area contributed by atoms with Crippen molar-refractivity contribution in [3.63, 3.8) is 0 Å². The van der Waals surface area contributed by atoms with Crippen LogP contribution in [0.15, 0.2) is 31.5 Å². The Labute approximate surface area is 130 Å². The Balaban J connectivity index is 2.01. The molecule has 2 heterocycles. The van der Waals surface area contributed by atoms with Crippen molar-refractivity contribution in [3.8, 4) is 0 Å². The van der Waals surface area contributed by atoms with Gasteiger partial charge >= 0.3 is 5.69 Å². The Morgan fingerprint density at radius 2 is 2.09 bits per heavy atom. The van der Waals surface area contributed by atoms with Crippen LogP contribution < -0.4 is 11.2 Å². The van der Waals surface area contributed by atoms with Gasteiger partial charge in [-0.3, -0.25) is 19.1 Å². The van der Waals surface area contributed by atoms with Gasteiger partial charge in [0.15, 0.2) is 0 Å². The standard InChI is InChI=1S/C13H16N4O4S/c1-13(2,3)8(18)7-22-12-16-15-10(21-12)6-17-5-4-9(19)14-11(17)20/h4-5H,6-7H2,1-3H3,(H,14,19,20). The Kier molecular flexibility index (Phi) is 4.65. The molecule has 9 heteroatoms. The van der Waals surface area contributed by atoms with E-state index in [-0.39, 0.29) is 29.2 Å². The fourth-order valence-electron chi connectivity index (χ4n) is 1.42. The van der Waals surface area contributed by atoms with Gasteiger partial charge in [-0.25, -0.2) is 4.79 Å². The van der Waals surface area contributed by atoms with Crippen LogP contribution in [-0.2, 0) is 11.3 Å². The number of rotatable bonds is 5. The van der Waals surface area contributed by atoms with Gasteiger partial charge < -0.3 is 4.42 Å². The third-order valence-electron chi connectivity index (χ3n) is 2.81. The molecule has 0 radical (unpaired) electrons. The van der Waals surface area contributed by atoms with Crippen LogP contribution in [0.4, 0.5) is 0 Å². The average molecular weight is 324 g/mol. The maximum Gasteiger partial charge on any atom is 0.328 e. The van der Waals surface area contributed by atoms with Crippen molar-refractivity contribution in [2.75, 3.05) is 5.75 Å². The molecule has 0 bridgehead atoms. The maximum atomic E-state index is 11.8. The maximum absolute atomic E-state index is 11.8. The second kappa shape index (κ2) is 6.30. The van der Waals surface area contributed by atoms with Crippen LogP contribution in [0.3, 0.4) is 0 Å². The van der Waals surface area contributed by atoms with E-state index in [9.17, 15) is 14.4 Å². The molecule has 0 aliphatic rings. The molecule has 0 amide bonds. The van der Waals surface area contributed by atoms with E-state index in [2.05, 4.69) is 15.2 Å². The number of nitrogens with zero attached hydrogens (tertiary/aromatic N) is 3. The van der Waals surface area contributed by atoms with Gasteiger partial charge in [-0.2, -0.15) is 0 Å². The van der Waals surface area contributed by atoms with Crippen molar-refractivity contribution >= 4 is 17.5 Å². The van der Waals surface area contributed by atoms with Gasteiger partial charge in [0.1, 0.15) is 12.3 Å². The second-order valence-corrected chi connectivity index (χ2v) is 6.59. The molecule has 2 rings (SSSR count). The summed E-state index contributed by atoms with van der Waals surface area (Å²) in [5, 5.41) is 7.90. The molecule has 0 saturated heterocycles. The molecule has 22 heavy (non-hydrogen) atoms. The zero-order valence-electron chi connectivity index (χ0n) is 12.5. The molecule has 0 aromatic carbocycles. The van der Waals surface area contributed by atoms with Crippen LogP contribution in [0.2, 0.25) is 0 Å². The number of aromatic amines is 1. The molecule has 2 aromatic heterocycles. The zero-order chi connectivity index (χ0) is 16.3. The van der Waals surface area contributed by atoms with Gasteiger partial charge in [-0.15, -0.1) is 10.2 Å². The number of carbonyl (C=O) groups is 1. The number of hydrogen-bond acceptors (Lipinski definition) is 7. The van der Waals surface area contributed by atoms with Crippen molar-refractivity contribution in [1.29, 1.82) is 0 Å². The highest BCUT2D eigenvalue weighted by atomic mass is 32.2. The summed E-state index contributed by atoms with van der Waals surface area (Å²) in [6.45, 7) is 5.59. The minimum Gasteiger partial charge on any atom is -0.414 e. The highest BCUT2D eigenvalue weighted by molar-refractivity contribution is 7.99. The minimum atomic E-state index is -0.553. The predicted molar refractivity (Wildman–Crippen MR) is 79.9 cm³/mol. The summed E-state index contributed by atoms with van der Waals surface area (Å²) in [7, 11) is 0. The molecule has 0 atom stereocenters. The predicted octanol–water partition coefficient (Wildman–Crippen LogP) is 0.675. The molecule has 0 saturated carbocycles.